The number of hydrogen-bond donors (Lipinski definition) is 2. The molecule has 0 saturated heterocycles. The molecule has 1 aromatic carbocycles. The molecular weight excluding hydrogens is 232 g/mol. The van der Waals surface area contributed by atoms with Crippen LogP contribution in [0.4, 0.5) is 4.79 Å². The number of likely N-dealkylation sites (N-methyl/N-ethyl adjacent to an activating group) is 1. The van der Waals surface area contributed by atoms with Crippen molar-refractivity contribution in [3.63, 3.8) is 0 Å². The quantitative estimate of drug-likeness (QED) is 0.834. The molecule has 96 valence electrons. The monoisotopic (exact) mass is 248 g/mol. The Bertz CT molecular complexity index is 448. The molecule has 2 N–H and O–H groups in total. The molecule has 1 aromatic rings. The summed E-state index contributed by atoms with van der Waals surface area (Å²) in [5.41, 5.74) is 2.51. The topological polar surface area (TPSA) is 69.6 Å². The maximum absolute atomic E-state index is 11.7. The van der Waals surface area contributed by atoms with Crippen LogP contribution in [0.5, 0.6) is 0 Å². The lowest BCUT2D eigenvalue weighted by atomic mass is 10.1. The number of carboxylic acids is 1. The molecule has 0 radical (unpaired) electrons. The number of carbonyl (C=O) groups excluding carboxylic acids is 1. The van der Waals surface area contributed by atoms with Crippen molar-refractivity contribution in [2.45, 2.75) is 18.9 Å². The molecule has 2 amide bonds. The standard InChI is InChI=1S/C13H16N2O3/c1-15(8-12(16)17)13(18)14-11-6-9-4-2-3-5-10(9)7-11/h2-5,11H,6-8H2,1H3,(H,14,18)(H,16,17). The van der Waals surface area contributed by atoms with Crippen LogP contribution >= 0.6 is 0 Å². The fraction of sp³-hybridized carbons (Fsp3) is 0.385. The first-order valence-electron chi connectivity index (χ1n) is 5.86. The summed E-state index contributed by atoms with van der Waals surface area (Å²) in [6.45, 7) is -0.286. The van der Waals surface area contributed by atoms with Crippen molar-refractivity contribution < 1.29 is 14.7 Å². The van der Waals surface area contributed by atoms with E-state index in [1.54, 1.807) is 0 Å². The fourth-order valence-corrected chi connectivity index (χ4v) is 2.22. The van der Waals surface area contributed by atoms with E-state index in [1.807, 2.05) is 12.1 Å². The third-order valence-corrected chi connectivity index (χ3v) is 3.10. The number of benzene rings is 1. The van der Waals surface area contributed by atoms with Gasteiger partial charge in [0.25, 0.3) is 0 Å². The third-order valence-electron chi connectivity index (χ3n) is 3.10. The first-order chi connectivity index (χ1) is 8.56. The average Bonchev–Trinajstić information content (AvgIpc) is 2.69. The van der Waals surface area contributed by atoms with Gasteiger partial charge in [-0.3, -0.25) is 4.79 Å². The van der Waals surface area contributed by atoms with Crippen molar-refractivity contribution in [1.29, 1.82) is 0 Å². The van der Waals surface area contributed by atoms with Crippen LogP contribution in [-0.4, -0.2) is 41.6 Å². The first kappa shape index (κ1) is 12.4. The van der Waals surface area contributed by atoms with Gasteiger partial charge in [0, 0.05) is 13.1 Å². The highest BCUT2D eigenvalue weighted by atomic mass is 16.4. The minimum Gasteiger partial charge on any atom is -0.480 e. The van der Waals surface area contributed by atoms with Gasteiger partial charge in [-0.05, 0) is 24.0 Å². The van der Waals surface area contributed by atoms with Crippen LogP contribution < -0.4 is 5.32 Å². The summed E-state index contributed by atoms with van der Waals surface area (Å²) in [5.74, 6) is -1.01. The van der Waals surface area contributed by atoms with Gasteiger partial charge in [0.1, 0.15) is 6.54 Å². The molecule has 0 aliphatic heterocycles. The molecule has 0 unspecified atom stereocenters. The minimum absolute atomic E-state index is 0.0612. The maximum Gasteiger partial charge on any atom is 0.323 e. The number of nitrogens with one attached hydrogen (secondary N) is 1. The molecule has 2 rings (SSSR count). The zero-order valence-electron chi connectivity index (χ0n) is 10.2. The first-order valence-corrected chi connectivity index (χ1v) is 5.86. The van der Waals surface area contributed by atoms with Crippen LogP contribution in [0.15, 0.2) is 24.3 Å². The maximum atomic E-state index is 11.7. The van der Waals surface area contributed by atoms with E-state index in [0.717, 1.165) is 12.8 Å². The lowest BCUT2D eigenvalue weighted by Crippen LogP contribution is -2.45. The molecule has 5 nitrogen and oxygen atoms in total. The van der Waals surface area contributed by atoms with E-state index in [2.05, 4.69) is 17.4 Å². The lowest BCUT2D eigenvalue weighted by molar-refractivity contribution is -0.137. The zero-order valence-corrected chi connectivity index (χ0v) is 10.2. The van der Waals surface area contributed by atoms with Crippen molar-refractivity contribution in [2.75, 3.05) is 13.6 Å². The number of carbonyl (C=O) groups is 2. The molecule has 0 spiro atoms. The number of urea groups is 1. The third kappa shape index (κ3) is 2.80. The van der Waals surface area contributed by atoms with Gasteiger partial charge in [-0.2, -0.15) is 0 Å². The van der Waals surface area contributed by atoms with Crippen molar-refractivity contribution >= 4 is 12.0 Å². The van der Waals surface area contributed by atoms with E-state index in [9.17, 15) is 9.59 Å². The highest BCUT2D eigenvalue weighted by Gasteiger charge is 2.23. The fourth-order valence-electron chi connectivity index (χ4n) is 2.22. The Hall–Kier alpha value is -2.04. The second-order valence-electron chi connectivity index (χ2n) is 4.57. The van der Waals surface area contributed by atoms with Gasteiger partial charge < -0.3 is 15.3 Å². The van der Waals surface area contributed by atoms with Crippen LogP contribution in [0.2, 0.25) is 0 Å². The Morgan fingerprint density at radius 2 is 1.89 bits per heavy atom. The largest absolute Gasteiger partial charge is 0.480 e. The van der Waals surface area contributed by atoms with E-state index >= 15 is 0 Å². The van der Waals surface area contributed by atoms with Gasteiger partial charge in [0.15, 0.2) is 0 Å². The molecule has 1 aliphatic carbocycles. The van der Waals surface area contributed by atoms with Crippen LogP contribution in [-0.2, 0) is 17.6 Å². The summed E-state index contributed by atoms with van der Waals surface area (Å²) < 4.78 is 0. The Morgan fingerprint density at radius 3 is 2.39 bits per heavy atom. The number of nitrogens with zero attached hydrogens (tertiary/aromatic N) is 1. The summed E-state index contributed by atoms with van der Waals surface area (Å²) >= 11 is 0. The van der Waals surface area contributed by atoms with E-state index in [-0.39, 0.29) is 18.6 Å². The summed E-state index contributed by atoms with van der Waals surface area (Å²) in [6.07, 6.45) is 1.62. The zero-order chi connectivity index (χ0) is 13.1. The van der Waals surface area contributed by atoms with E-state index in [4.69, 9.17) is 5.11 Å². The van der Waals surface area contributed by atoms with Gasteiger partial charge in [0.05, 0.1) is 0 Å². The Labute approximate surface area is 105 Å². The number of hydrogen-bond acceptors (Lipinski definition) is 2. The van der Waals surface area contributed by atoms with E-state index < -0.39 is 5.97 Å². The van der Waals surface area contributed by atoms with E-state index in [1.165, 1.54) is 23.1 Å². The summed E-state index contributed by atoms with van der Waals surface area (Å²) in [4.78, 5) is 23.4. The molecule has 5 heteroatoms. The summed E-state index contributed by atoms with van der Waals surface area (Å²) in [6, 6.07) is 7.81. The summed E-state index contributed by atoms with van der Waals surface area (Å²) in [5, 5.41) is 11.5. The van der Waals surface area contributed by atoms with Crippen LogP contribution in [0.3, 0.4) is 0 Å². The lowest BCUT2D eigenvalue weighted by Gasteiger charge is -2.19. The molecule has 1 aliphatic rings. The average molecular weight is 248 g/mol. The highest BCUT2D eigenvalue weighted by molar-refractivity contribution is 5.80. The van der Waals surface area contributed by atoms with Gasteiger partial charge >= 0.3 is 12.0 Å². The Morgan fingerprint density at radius 1 is 1.33 bits per heavy atom. The molecule has 0 heterocycles. The van der Waals surface area contributed by atoms with Gasteiger partial charge in [-0.15, -0.1) is 0 Å². The molecule has 0 saturated carbocycles. The molecule has 0 aromatic heterocycles. The number of carboxylic acid groups (broad SMARTS) is 1. The van der Waals surface area contributed by atoms with Crippen LogP contribution in [0.25, 0.3) is 0 Å². The molecule has 0 bridgehead atoms. The summed E-state index contributed by atoms with van der Waals surface area (Å²) in [7, 11) is 1.48. The predicted molar refractivity (Wildman–Crippen MR) is 66.4 cm³/mol. The van der Waals surface area contributed by atoms with Crippen molar-refractivity contribution in [3.8, 4) is 0 Å². The molecule has 0 fully saturated rings. The van der Waals surface area contributed by atoms with Crippen molar-refractivity contribution in [2.24, 2.45) is 0 Å². The van der Waals surface area contributed by atoms with Crippen molar-refractivity contribution in [1.82, 2.24) is 10.2 Å². The van der Waals surface area contributed by atoms with Gasteiger partial charge in [0.2, 0.25) is 0 Å². The molecule has 18 heavy (non-hydrogen) atoms. The number of aliphatic carboxylic acids is 1. The van der Waals surface area contributed by atoms with Gasteiger partial charge in [-0.1, -0.05) is 24.3 Å². The van der Waals surface area contributed by atoms with Crippen molar-refractivity contribution in [3.05, 3.63) is 35.4 Å². The normalized spacial score (nSPS) is 14.1. The molecular formula is C13H16N2O3. The number of fused-ring (bicyclic) bond motifs is 1. The second-order valence-corrected chi connectivity index (χ2v) is 4.57. The second kappa shape index (κ2) is 5.08. The number of rotatable bonds is 3. The predicted octanol–water partition coefficient (Wildman–Crippen LogP) is 0.880. The van der Waals surface area contributed by atoms with Crippen LogP contribution in [0.1, 0.15) is 11.1 Å². The number of amides is 2. The van der Waals surface area contributed by atoms with Crippen LogP contribution in [0, 0.1) is 0 Å². The van der Waals surface area contributed by atoms with Gasteiger partial charge in [-0.25, -0.2) is 4.79 Å². The molecule has 0 atom stereocenters. The highest BCUT2D eigenvalue weighted by Crippen LogP contribution is 2.21. The smallest absolute Gasteiger partial charge is 0.323 e. The SMILES string of the molecule is CN(CC(=O)O)C(=O)NC1Cc2ccccc2C1. The Balaban J connectivity index is 1.89. The van der Waals surface area contributed by atoms with E-state index in [0.29, 0.717) is 0 Å². The Kier molecular flexibility index (Phi) is 3.50. The minimum atomic E-state index is -1.01.